The monoisotopic (exact) mass is 396 g/mol. The van der Waals surface area contributed by atoms with Crippen LogP contribution in [0.3, 0.4) is 0 Å². The van der Waals surface area contributed by atoms with Crippen molar-refractivity contribution in [1.82, 2.24) is 10.2 Å². The highest BCUT2D eigenvalue weighted by molar-refractivity contribution is 5.77. The van der Waals surface area contributed by atoms with Crippen LogP contribution in [0.4, 0.5) is 0 Å². The van der Waals surface area contributed by atoms with E-state index in [0.29, 0.717) is 6.54 Å². The number of carbonyl (C=O) groups excluding carboxylic acids is 1. The Bertz CT molecular complexity index is 846. The third-order valence-corrected chi connectivity index (χ3v) is 5.61. The number of hydrogen-bond donors (Lipinski definition) is 1. The van der Waals surface area contributed by atoms with Crippen molar-refractivity contribution in [3.05, 3.63) is 58.7 Å². The van der Waals surface area contributed by atoms with E-state index < -0.39 is 0 Å². The van der Waals surface area contributed by atoms with E-state index in [1.165, 1.54) is 22.3 Å². The molecule has 0 radical (unpaired) electrons. The number of amides is 1. The molecule has 5 heteroatoms. The molecule has 1 aliphatic rings. The normalized spacial score (nSPS) is 16.4. The van der Waals surface area contributed by atoms with Crippen LogP contribution >= 0.6 is 0 Å². The molecule has 3 rings (SSSR count). The van der Waals surface area contributed by atoms with Crippen LogP contribution in [0.25, 0.3) is 0 Å². The molecule has 0 aromatic heterocycles. The summed E-state index contributed by atoms with van der Waals surface area (Å²) in [7, 11) is 3.32. The summed E-state index contributed by atoms with van der Waals surface area (Å²) in [5.41, 5.74) is 4.99. The first-order valence-corrected chi connectivity index (χ1v) is 10.2. The summed E-state index contributed by atoms with van der Waals surface area (Å²) < 4.78 is 11.0. The van der Waals surface area contributed by atoms with Crippen LogP contribution in [0.15, 0.2) is 36.4 Å². The maximum Gasteiger partial charge on any atom is 0.222 e. The van der Waals surface area contributed by atoms with E-state index in [9.17, 15) is 4.79 Å². The molecule has 0 saturated carbocycles. The van der Waals surface area contributed by atoms with E-state index >= 15 is 0 Å². The number of nitrogens with one attached hydrogen (secondary N) is 1. The Morgan fingerprint density at radius 1 is 1.14 bits per heavy atom. The molecule has 1 N–H and O–H groups in total. The summed E-state index contributed by atoms with van der Waals surface area (Å²) in [6, 6.07) is 12.9. The van der Waals surface area contributed by atoms with E-state index in [-0.39, 0.29) is 17.9 Å². The van der Waals surface area contributed by atoms with Crippen molar-refractivity contribution in [2.45, 2.75) is 39.8 Å². The molecular weight excluding hydrogens is 364 g/mol. The molecule has 1 aliphatic heterocycles. The Morgan fingerprint density at radius 2 is 1.79 bits per heavy atom. The topological polar surface area (TPSA) is 50.8 Å². The number of hydrogen-bond acceptors (Lipinski definition) is 4. The average Bonchev–Trinajstić information content (AvgIpc) is 2.73. The van der Waals surface area contributed by atoms with Gasteiger partial charge in [0.05, 0.1) is 20.3 Å². The standard InChI is InChI=1S/C24H32N2O3/c1-16(2)24(27)25-14-21-20-13-23(29-5)22(28-4)12-19(20)10-11-26(21)15-18-8-6-17(3)7-9-18/h6-9,12-13,16,21H,10-11,14-15H2,1-5H3,(H,25,27)/t21-/m0/s1. The molecule has 0 saturated heterocycles. The molecule has 156 valence electrons. The van der Waals surface area contributed by atoms with Gasteiger partial charge in [0.25, 0.3) is 0 Å². The van der Waals surface area contributed by atoms with Gasteiger partial charge in [0.15, 0.2) is 11.5 Å². The molecule has 1 amide bonds. The van der Waals surface area contributed by atoms with Gasteiger partial charge in [0.2, 0.25) is 5.91 Å². The molecule has 2 aromatic rings. The minimum atomic E-state index is -0.0333. The van der Waals surface area contributed by atoms with Gasteiger partial charge in [0, 0.05) is 25.6 Å². The first-order chi connectivity index (χ1) is 13.9. The third kappa shape index (κ3) is 4.91. The lowest BCUT2D eigenvalue weighted by Crippen LogP contribution is -2.42. The zero-order chi connectivity index (χ0) is 21.0. The van der Waals surface area contributed by atoms with Crippen LogP contribution < -0.4 is 14.8 Å². The number of nitrogens with zero attached hydrogens (tertiary/aromatic N) is 1. The predicted molar refractivity (Wildman–Crippen MR) is 115 cm³/mol. The second-order valence-corrected chi connectivity index (χ2v) is 8.03. The number of aryl methyl sites for hydroxylation is 1. The summed E-state index contributed by atoms with van der Waals surface area (Å²) in [5, 5.41) is 3.13. The smallest absolute Gasteiger partial charge is 0.222 e. The van der Waals surface area contributed by atoms with Crippen molar-refractivity contribution in [1.29, 1.82) is 0 Å². The molecule has 1 heterocycles. The van der Waals surface area contributed by atoms with Crippen LogP contribution in [0.2, 0.25) is 0 Å². The van der Waals surface area contributed by atoms with Gasteiger partial charge < -0.3 is 14.8 Å². The Morgan fingerprint density at radius 3 is 2.41 bits per heavy atom. The SMILES string of the molecule is COc1cc2c(cc1OC)[C@H](CNC(=O)C(C)C)N(Cc1ccc(C)cc1)CC2. The van der Waals surface area contributed by atoms with Crippen molar-refractivity contribution in [3.63, 3.8) is 0 Å². The summed E-state index contributed by atoms with van der Waals surface area (Å²) >= 11 is 0. The summed E-state index contributed by atoms with van der Waals surface area (Å²) in [6.45, 7) is 8.29. The van der Waals surface area contributed by atoms with Crippen LogP contribution in [0.1, 0.15) is 42.1 Å². The predicted octanol–water partition coefficient (Wildman–Crippen LogP) is 3.88. The Hall–Kier alpha value is -2.53. The fourth-order valence-electron chi connectivity index (χ4n) is 3.84. The zero-order valence-electron chi connectivity index (χ0n) is 18.1. The number of rotatable bonds is 7. The second kappa shape index (κ2) is 9.31. The van der Waals surface area contributed by atoms with Crippen molar-refractivity contribution >= 4 is 5.91 Å². The molecule has 2 aromatic carbocycles. The van der Waals surface area contributed by atoms with Crippen LogP contribution in [-0.4, -0.2) is 38.1 Å². The van der Waals surface area contributed by atoms with E-state index in [1.807, 2.05) is 13.8 Å². The van der Waals surface area contributed by atoms with Crippen molar-refractivity contribution in [3.8, 4) is 11.5 Å². The number of ether oxygens (including phenoxy) is 2. The van der Waals surface area contributed by atoms with E-state index in [0.717, 1.165) is 31.0 Å². The lowest BCUT2D eigenvalue weighted by Gasteiger charge is -2.38. The highest BCUT2D eigenvalue weighted by Gasteiger charge is 2.29. The van der Waals surface area contributed by atoms with Gasteiger partial charge in [-0.15, -0.1) is 0 Å². The maximum absolute atomic E-state index is 12.2. The first kappa shape index (κ1) is 21.2. The minimum absolute atomic E-state index is 0.0333. The van der Waals surface area contributed by atoms with Gasteiger partial charge in [-0.3, -0.25) is 9.69 Å². The maximum atomic E-state index is 12.2. The number of methoxy groups -OCH3 is 2. The van der Waals surface area contributed by atoms with Crippen LogP contribution in [-0.2, 0) is 17.8 Å². The van der Waals surface area contributed by atoms with Gasteiger partial charge in [-0.2, -0.15) is 0 Å². The second-order valence-electron chi connectivity index (χ2n) is 8.03. The Balaban J connectivity index is 1.91. The average molecular weight is 397 g/mol. The quantitative estimate of drug-likeness (QED) is 0.772. The lowest BCUT2D eigenvalue weighted by atomic mass is 9.91. The van der Waals surface area contributed by atoms with E-state index in [4.69, 9.17) is 9.47 Å². The van der Waals surface area contributed by atoms with Crippen LogP contribution in [0.5, 0.6) is 11.5 Å². The highest BCUT2D eigenvalue weighted by atomic mass is 16.5. The highest BCUT2D eigenvalue weighted by Crippen LogP contribution is 2.38. The van der Waals surface area contributed by atoms with Crippen molar-refractivity contribution in [2.75, 3.05) is 27.3 Å². The Kier molecular flexibility index (Phi) is 6.80. The molecule has 0 unspecified atom stereocenters. The van der Waals surface area contributed by atoms with E-state index in [1.54, 1.807) is 14.2 Å². The molecule has 0 spiro atoms. The fourth-order valence-corrected chi connectivity index (χ4v) is 3.84. The first-order valence-electron chi connectivity index (χ1n) is 10.2. The molecule has 5 nitrogen and oxygen atoms in total. The van der Waals surface area contributed by atoms with Gasteiger partial charge in [-0.25, -0.2) is 0 Å². The number of carbonyl (C=O) groups is 1. The molecule has 1 atom stereocenters. The third-order valence-electron chi connectivity index (χ3n) is 5.61. The summed E-state index contributed by atoms with van der Waals surface area (Å²) in [6.07, 6.45) is 0.941. The fraction of sp³-hybridized carbons (Fsp3) is 0.458. The summed E-state index contributed by atoms with van der Waals surface area (Å²) in [5.74, 6) is 1.52. The largest absolute Gasteiger partial charge is 0.493 e. The van der Waals surface area contributed by atoms with Gasteiger partial charge in [-0.05, 0) is 42.2 Å². The lowest BCUT2D eigenvalue weighted by molar-refractivity contribution is -0.124. The Labute approximate surface area is 174 Å². The summed E-state index contributed by atoms with van der Waals surface area (Å²) in [4.78, 5) is 14.7. The molecule has 0 fully saturated rings. The van der Waals surface area contributed by atoms with Gasteiger partial charge >= 0.3 is 0 Å². The van der Waals surface area contributed by atoms with E-state index in [2.05, 4.69) is 53.5 Å². The van der Waals surface area contributed by atoms with Crippen molar-refractivity contribution in [2.24, 2.45) is 5.92 Å². The van der Waals surface area contributed by atoms with Gasteiger partial charge in [0.1, 0.15) is 0 Å². The number of benzene rings is 2. The van der Waals surface area contributed by atoms with Gasteiger partial charge in [-0.1, -0.05) is 43.7 Å². The minimum Gasteiger partial charge on any atom is -0.493 e. The molecule has 29 heavy (non-hydrogen) atoms. The molecule has 0 bridgehead atoms. The molecular formula is C24H32N2O3. The molecule has 0 aliphatic carbocycles. The number of fused-ring (bicyclic) bond motifs is 1. The van der Waals surface area contributed by atoms with Crippen molar-refractivity contribution < 1.29 is 14.3 Å². The van der Waals surface area contributed by atoms with Crippen LogP contribution in [0, 0.1) is 12.8 Å². The zero-order valence-corrected chi connectivity index (χ0v) is 18.1.